The van der Waals surface area contributed by atoms with E-state index >= 15 is 0 Å². The minimum absolute atomic E-state index is 0.0898. The molecule has 0 spiro atoms. The van der Waals surface area contributed by atoms with Crippen LogP contribution in [0.3, 0.4) is 0 Å². The molecule has 1 aromatic carbocycles. The predicted octanol–water partition coefficient (Wildman–Crippen LogP) is 2.33. The number of amides is 1. The van der Waals surface area contributed by atoms with Crippen LogP contribution in [-0.2, 0) is 22.5 Å². The minimum atomic E-state index is 0.0898. The first kappa shape index (κ1) is 13.0. The molecule has 2 aliphatic heterocycles. The molecule has 0 unspecified atom stereocenters. The summed E-state index contributed by atoms with van der Waals surface area (Å²) < 4.78 is 5.32. The fourth-order valence-corrected chi connectivity index (χ4v) is 3.30. The molecule has 2 aliphatic rings. The highest BCUT2D eigenvalue weighted by Crippen LogP contribution is 2.26. The van der Waals surface area contributed by atoms with E-state index in [0.29, 0.717) is 6.61 Å². The van der Waals surface area contributed by atoms with E-state index in [2.05, 4.69) is 24.5 Å². The molecule has 19 heavy (non-hydrogen) atoms. The molecule has 1 aromatic rings. The van der Waals surface area contributed by atoms with E-state index in [0.717, 1.165) is 32.5 Å². The second-order valence-corrected chi connectivity index (χ2v) is 6.08. The number of ether oxygens (including phenoxy) is 1. The van der Waals surface area contributed by atoms with Gasteiger partial charge in [0.25, 0.3) is 0 Å². The van der Waals surface area contributed by atoms with Crippen LogP contribution in [0.5, 0.6) is 0 Å². The third-order valence-corrected chi connectivity index (χ3v) is 4.74. The number of thioether (sulfide) groups is 1. The zero-order valence-electron chi connectivity index (χ0n) is 11.2. The van der Waals surface area contributed by atoms with Gasteiger partial charge in [-0.25, -0.2) is 0 Å². The Morgan fingerprint density at radius 1 is 1.42 bits per heavy atom. The lowest BCUT2D eigenvalue weighted by atomic mass is 9.98. The smallest absolute Gasteiger partial charge is 0.228 e. The number of hydrogen-bond donors (Lipinski definition) is 0. The molecule has 0 radical (unpaired) electrons. The van der Waals surface area contributed by atoms with Crippen LogP contribution >= 0.6 is 11.8 Å². The van der Waals surface area contributed by atoms with Crippen molar-refractivity contribution in [3.05, 3.63) is 29.3 Å². The van der Waals surface area contributed by atoms with Crippen molar-refractivity contribution in [1.82, 2.24) is 4.90 Å². The van der Waals surface area contributed by atoms with Crippen molar-refractivity contribution in [3.63, 3.8) is 0 Å². The normalized spacial score (nSPS) is 22.4. The third-order valence-electron chi connectivity index (χ3n) is 4.02. The van der Waals surface area contributed by atoms with Crippen molar-refractivity contribution < 1.29 is 9.53 Å². The third kappa shape index (κ3) is 2.65. The van der Waals surface area contributed by atoms with Gasteiger partial charge in [0.2, 0.25) is 5.91 Å². The quantitative estimate of drug-likeness (QED) is 0.777. The molecule has 4 heteroatoms. The number of rotatable bonds is 2. The zero-order valence-corrected chi connectivity index (χ0v) is 12.0. The van der Waals surface area contributed by atoms with Gasteiger partial charge in [-0.05, 0) is 42.4 Å². The molecule has 0 saturated carbocycles. The molecule has 1 amide bonds. The lowest BCUT2D eigenvalue weighted by molar-refractivity contribution is -0.136. The van der Waals surface area contributed by atoms with Gasteiger partial charge in [0.1, 0.15) is 0 Å². The monoisotopic (exact) mass is 277 g/mol. The highest BCUT2D eigenvalue weighted by molar-refractivity contribution is 7.98. The largest absolute Gasteiger partial charge is 0.381 e. The summed E-state index contributed by atoms with van der Waals surface area (Å²) >= 11 is 1.77. The van der Waals surface area contributed by atoms with Gasteiger partial charge in [0.15, 0.2) is 0 Å². The molecule has 0 N–H and O–H groups in total. The Labute approximate surface area is 118 Å². The van der Waals surface area contributed by atoms with Gasteiger partial charge in [-0.1, -0.05) is 6.07 Å². The first-order valence-electron chi connectivity index (χ1n) is 6.80. The van der Waals surface area contributed by atoms with Gasteiger partial charge in [-0.3, -0.25) is 4.79 Å². The standard InChI is InChI=1S/C15H19NO2S/c1-19-14-3-2-12-9-16(6-4-11(12)8-14)15(17)13-5-7-18-10-13/h2-3,8,13H,4-7,9-10H2,1H3/t13-/m0/s1. The molecule has 1 fully saturated rings. The molecule has 1 saturated heterocycles. The van der Waals surface area contributed by atoms with Crippen molar-refractivity contribution in [2.45, 2.75) is 24.3 Å². The summed E-state index contributed by atoms with van der Waals surface area (Å²) in [4.78, 5) is 15.7. The molecule has 0 aromatic heterocycles. The summed E-state index contributed by atoms with van der Waals surface area (Å²) in [7, 11) is 0. The van der Waals surface area contributed by atoms with E-state index in [9.17, 15) is 4.79 Å². The molecule has 1 atom stereocenters. The molecule has 2 heterocycles. The second kappa shape index (κ2) is 5.55. The summed E-state index contributed by atoms with van der Waals surface area (Å²) in [5, 5.41) is 0. The van der Waals surface area contributed by atoms with Gasteiger partial charge in [0, 0.05) is 24.6 Å². The lowest BCUT2D eigenvalue weighted by Crippen LogP contribution is -2.40. The Morgan fingerprint density at radius 2 is 2.32 bits per heavy atom. The maximum Gasteiger partial charge on any atom is 0.228 e. The molecule has 3 rings (SSSR count). The Kier molecular flexibility index (Phi) is 3.80. The summed E-state index contributed by atoms with van der Waals surface area (Å²) in [6, 6.07) is 6.59. The number of hydrogen-bond acceptors (Lipinski definition) is 3. The molecule has 3 nitrogen and oxygen atoms in total. The van der Waals surface area contributed by atoms with E-state index in [1.54, 1.807) is 11.8 Å². The van der Waals surface area contributed by atoms with Gasteiger partial charge in [-0.15, -0.1) is 11.8 Å². The average molecular weight is 277 g/mol. The van der Waals surface area contributed by atoms with Crippen LogP contribution in [0.15, 0.2) is 23.1 Å². The van der Waals surface area contributed by atoms with Gasteiger partial charge in [-0.2, -0.15) is 0 Å². The number of carbonyl (C=O) groups excluding carboxylic acids is 1. The molecule has 102 valence electrons. The highest BCUT2D eigenvalue weighted by atomic mass is 32.2. The fourth-order valence-electron chi connectivity index (χ4n) is 2.83. The first-order chi connectivity index (χ1) is 9.28. The van der Waals surface area contributed by atoms with E-state index in [1.807, 2.05) is 4.90 Å². The van der Waals surface area contributed by atoms with Crippen LogP contribution in [0.4, 0.5) is 0 Å². The van der Waals surface area contributed by atoms with Crippen molar-refractivity contribution in [3.8, 4) is 0 Å². The van der Waals surface area contributed by atoms with Crippen molar-refractivity contribution in [1.29, 1.82) is 0 Å². The summed E-state index contributed by atoms with van der Waals surface area (Å²) in [5.74, 6) is 0.365. The Balaban J connectivity index is 1.73. The van der Waals surface area contributed by atoms with Gasteiger partial charge < -0.3 is 9.64 Å². The number of fused-ring (bicyclic) bond motifs is 1. The van der Waals surface area contributed by atoms with E-state index in [-0.39, 0.29) is 11.8 Å². The van der Waals surface area contributed by atoms with Crippen LogP contribution in [0.25, 0.3) is 0 Å². The SMILES string of the molecule is CSc1ccc2c(c1)CCN(C(=O)[C@H]1CCOC1)C2. The Hall–Kier alpha value is -1.00. The number of benzene rings is 1. The minimum Gasteiger partial charge on any atom is -0.381 e. The summed E-state index contributed by atoms with van der Waals surface area (Å²) in [5.41, 5.74) is 2.70. The van der Waals surface area contributed by atoms with Crippen LogP contribution in [0.1, 0.15) is 17.5 Å². The average Bonchev–Trinajstić information content (AvgIpc) is 2.99. The Morgan fingerprint density at radius 3 is 3.05 bits per heavy atom. The predicted molar refractivity (Wildman–Crippen MR) is 76.3 cm³/mol. The van der Waals surface area contributed by atoms with Crippen LogP contribution in [0.2, 0.25) is 0 Å². The maximum absolute atomic E-state index is 12.4. The van der Waals surface area contributed by atoms with Crippen molar-refractivity contribution >= 4 is 17.7 Å². The topological polar surface area (TPSA) is 29.5 Å². The second-order valence-electron chi connectivity index (χ2n) is 5.20. The van der Waals surface area contributed by atoms with Crippen LogP contribution in [0, 0.1) is 5.92 Å². The van der Waals surface area contributed by atoms with E-state index in [1.165, 1.54) is 16.0 Å². The number of nitrogens with zero attached hydrogens (tertiary/aromatic N) is 1. The van der Waals surface area contributed by atoms with Gasteiger partial charge >= 0.3 is 0 Å². The summed E-state index contributed by atoms with van der Waals surface area (Å²) in [6.45, 7) is 2.95. The zero-order chi connectivity index (χ0) is 13.2. The lowest BCUT2D eigenvalue weighted by Gasteiger charge is -2.30. The molecular formula is C15H19NO2S. The van der Waals surface area contributed by atoms with Crippen LogP contribution in [-0.4, -0.2) is 36.8 Å². The maximum atomic E-state index is 12.4. The highest BCUT2D eigenvalue weighted by Gasteiger charge is 2.29. The molecule has 0 bridgehead atoms. The van der Waals surface area contributed by atoms with Crippen molar-refractivity contribution in [2.75, 3.05) is 26.0 Å². The van der Waals surface area contributed by atoms with E-state index in [4.69, 9.17) is 4.74 Å². The number of carbonyl (C=O) groups is 1. The fraction of sp³-hybridized carbons (Fsp3) is 0.533. The summed E-state index contributed by atoms with van der Waals surface area (Å²) in [6.07, 6.45) is 3.96. The first-order valence-corrected chi connectivity index (χ1v) is 8.02. The Bertz CT molecular complexity index is 483. The molecular weight excluding hydrogens is 258 g/mol. The van der Waals surface area contributed by atoms with E-state index < -0.39 is 0 Å². The van der Waals surface area contributed by atoms with Crippen LogP contribution < -0.4 is 0 Å². The van der Waals surface area contributed by atoms with Crippen molar-refractivity contribution in [2.24, 2.45) is 5.92 Å². The molecule has 0 aliphatic carbocycles. The van der Waals surface area contributed by atoms with Gasteiger partial charge in [0.05, 0.1) is 12.5 Å².